The largest absolute Gasteiger partial charge is 0.508 e. The number of hydrogen-bond acceptors (Lipinski definition) is 5. The Kier molecular flexibility index (Phi) is 5.21. The molecule has 0 atom stereocenters. The zero-order valence-electron chi connectivity index (χ0n) is 15.8. The number of benzene rings is 3. The average molecular weight is 513 g/mol. The molecule has 150 valence electrons. The summed E-state index contributed by atoms with van der Waals surface area (Å²) >= 11 is 2.20. The van der Waals surface area contributed by atoms with Gasteiger partial charge in [0.15, 0.2) is 11.4 Å². The summed E-state index contributed by atoms with van der Waals surface area (Å²) in [5.74, 6) is -1.03. The fraction of sp³-hybridized carbons (Fsp3) is 0.0435. The van der Waals surface area contributed by atoms with Gasteiger partial charge in [-0.15, -0.1) is 0 Å². The number of aryl methyl sites for hydroxylation is 1. The Morgan fingerprint density at radius 2 is 1.77 bits per heavy atom. The number of aromatic hydroxyl groups is 2. The van der Waals surface area contributed by atoms with Crippen molar-refractivity contribution < 1.29 is 19.4 Å². The van der Waals surface area contributed by atoms with Crippen LogP contribution in [0.3, 0.4) is 0 Å². The molecule has 0 radical (unpaired) electrons. The summed E-state index contributed by atoms with van der Waals surface area (Å²) in [6.45, 7) is 1.56. The van der Waals surface area contributed by atoms with Gasteiger partial charge in [0.25, 0.3) is 5.91 Å². The average Bonchev–Trinajstić information content (AvgIpc) is 2.75. The molecule has 30 heavy (non-hydrogen) atoms. The standard InChI is InChI=1S/C23H16INO5/c1-12-18(26)10-8-15-20(27)19(23(29)30-21(12)15)25-22(28)14-7-9-17(24)16(11-14)13-5-3-2-4-6-13/h2-11,26-27H,1H3,(H,25,28). The van der Waals surface area contributed by atoms with Crippen LogP contribution in [0.15, 0.2) is 69.9 Å². The number of hydrogen-bond donors (Lipinski definition) is 3. The zero-order valence-corrected chi connectivity index (χ0v) is 17.9. The topological polar surface area (TPSA) is 99.8 Å². The van der Waals surface area contributed by atoms with Crippen molar-refractivity contribution in [2.75, 3.05) is 5.32 Å². The van der Waals surface area contributed by atoms with Crippen LogP contribution in [0, 0.1) is 10.5 Å². The molecular weight excluding hydrogens is 497 g/mol. The van der Waals surface area contributed by atoms with Crippen molar-refractivity contribution >= 4 is 45.2 Å². The minimum absolute atomic E-state index is 0.0610. The number of nitrogens with one attached hydrogen (secondary N) is 1. The van der Waals surface area contributed by atoms with E-state index in [2.05, 4.69) is 27.9 Å². The Bertz CT molecular complexity index is 1350. The molecule has 1 heterocycles. The second kappa shape index (κ2) is 7.83. The van der Waals surface area contributed by atoms with Crippen LogP contribution in [0.4, 0.5) is 5.69 Å². The van der Waals surface area contributed by atoms with E-state index in [1.807, 2.05) is 36.4 Å². The number of rotatable bonds is 3. The molecule has 0 spiro atoms. The smallest absolute Gasteiger partial charge is 0.364 e. The lowest BCUT2D eigenvalue weighted by Gasteiger charge is -2.11. The molecule has 0 aliphatic rings. The molecule has 1 amide bonds. The summed E-state index contributed by atoms with van der Waals surface area (Å²) in [6.07, 6.45) is 0. The van der Waals surface area contributed by atoms with E-state index in [9.17, 15) is 19.8 Å². The molecule has 3 N–H and O–H groups in total. The number of phenols is 1. The van der Waals surface area contributed by atoms with Crippen LogP contribution in [0.1, 0.15) is 15.9 Å². The van der Waals surface area contributed by atoms with E-state index in [0.717, 1.165) is 14.7 Å². The van der Waals surface area contributed by atoms with Gasteiger partial charge < -0.3 is 19.9 Å². The van der Waals surface area contributed by atoms with Gasteiger partial charge >= 0.3 is 5.63 Å². The van der Waals surface area contributed by atoms with E-state index < -0.39 is 17.3 Å². The summed E-state index contributed by atoms with van der Waals surface area (Å²) in [7, 11) is 0. The molecule has 4 rings (SSSR count). The number of fused-ring (bicyclic) bond motifs is 1. The Hall–Kier alpha value is -3.33. The number of anilines is 1. The molecular formula is C23H16INO5. The molecule has 3 aromatic carbocycles. The molecule has 0 saturated heterocycles. The van der Waals surface area contributed by atoms with Crippen molar-refractivity contribution in [3.63, 3.8) is 0 Å². The van der Waals surface area contributed by atoms with Crippen LogP contribution in [-0.4, -0.2) is 16.1 Å². The van der Waals surface area contributed by atoms with E-state index >= 15 is 0 Å². The molecule has 0 aliphatic carbocycles. The summed E-state index contributed by atoms with van der Waals surface area (Å²) in [5.41, 5.74) is 1.30. The van der Waals surface area contributed by atoms with Crippen molar-refractivity contribution in [1.29, 1.82) is 0 Å². The maximum absolute atomic E-state index is 12.8. The third-order valence-electron chi connectivity index (χ3n) is 4.82. The van der Waals surface area contributed by atoms with Crippen LogP contribution < -0.4 is 10.9 Å². The fourth-order valence-corrected chi connectivity index (χ4v) is 3.82. The van der Waals surface area contributed by atoms with Crippen molar-refractivity contribution in [3.8, 4) is 22.6 Å². The van der Waals surface area contributed by atoms with E-state index in [-0.39, 0.29) is 22.4 Å². The molecule has 7 heteroatoms. The first-order valence-electron chi connectivity index (χ1n) is 9.01. The summed E-state index contributed by atoms with van der Waals surface area (Å²) in [4.78, 5) is 25.2. The fourth-order valence-electron chi connectivity index (χ4n) is 3.18. The number of halogens is 1. The Morgan fingerprint density at radius 1 is 1.03 bits per heavy atom. The van der Waals surface area contributed by atoms with Crippen LogP contribution in [-0.2, 0) is 0 Å². The van der Waals surface area contributed by atoms with Gasteiger partial charge in [-0.3, -0.25) is 4.79 Å². The Labute approximate surface area is 184 Å². The number of carbonyl (C=O) groups excluding carboxylic acids is 1. The predicted molar refractivity (Wildman–Crippen MR) is 123 cm³/mol. The highest BCUT2D eigenvalue weighted by molar-refractivity contribution is 14.1. The third kappa shape index (κ3) is 3.52. The summed E-state index contributed by atoms with van der Waals surface area (Å²) in [6, 6.07) is 17.6. The lowest BCUT2D eigenvalue weighted by atomic mass is 10.0. The van der Waals surface area contributed by atoms with Gasteiger partial charge in [-0.25, -0.2) is 4.79 Å². The molecule has 0 saturated carbocycles. The highest BCUT2D eigenvalue weighted by Crippen LogP contribution is 2.35. The first kappa shape index (κ1) is 20.0. The third-order valence-corrected chi connectivity index (χ3v) is 5.76. The first-order valence-corrected chi connectivity index (χ1v) is 10.1. The minimum atomic E-state index is -0.907. The van der Waals surface area contributed by atoms with Crippen LogP contribution in [0.25, 0.3) is 22.1 Å². The number of phenolic OH excluding ortho intramolecular Hbond substituents is 1. The second-order valence-electron chi connectivity index (χ2n) is 6.71. The number of carbonyl (C=O) groups is 1. The highest BCUT2D eigenvalue weighted by atomic mass is 127. The zero-order chi connectivity index (χ0) is 21.4. The first-order chi connectivity index (χ1) is 14.4. The van der Waals surface area contributed by atoms with Gasteiger partial charge in [0.05, 0.1) is 5.39 Å². The number of amides is 1. The molecule has 4 aromatic rings. The van der Waals surface area contributed by atoms with Gasteiger partial charge in [-0.05, 0) is 71.0 Å². The molecule has 0 aliphatic heterocycles. The van der Waals surface area contributed by atoms with Gasteiger partial charge in [-0.1, -0.05) is 30.3 Å². The van der Waals surface area contributed by atoms with Crippen molar-refractivity contribution in [1.82, 2.24) is 0 Å². The normalized spacial score (nSPS) is 10.9. The van der Waals surface area contributed by atoms with Crippen LogP contribution in [0.2, 0.25) is 0 Å². The van der Waals surface area contributed by atoms with Crippen LogP contribution >= 0.6 is 22.6 Å². The lowest BCUT2D eigenvalue weighted by molar-refractivity contribution is 0.102. The van der Waals surface area contributed by atoms with Gasteiger partial charge in [-0.2, -0.15) is 0 Å². The van der Waals surface area contributed by atoms with Gasteiger partial charge in [0.1, 0.15) is 11.3 Å². The summed E-state index contributed by atoms with van der Waals surface area (Å²) in [5, 5.41) is 23.0. The van der Waals surface area contributed by atoms with Gasteiger partial charge in [0, 0.05) is 14.7 Å². The SMILES string of the molecule is Cc1c(O)ccc2c(O)c(NC(=O)c3ccc(I)c(-c4ccccc4)c3)c(=O)oc12. The van der Waals surface area contributed by atoms with Crippen molar-refractivity contribution in [2.24, 2.45) is 0 Å². The highest BCUT2D eigenvalue weighted by Gasteiger charge is 2.20. The van der Waals surface area contributed by atoms with Crippen molar-refractivity contribution in [2.45, 2.75) is 6.92 Å². The maximum Gasteiger partial charge on any atom is 0.364 e. The summed E-state index contributed by atoms with van der Waals surface area (Å²) < 4.78 is 6.21. The predicted octanol–water partition coefficient (Wildman–Crippen LogP) is 5.04. The van der Waals surface area contributed by atoms with Gasteiger partial charge in [0.2, 0.25) is 0 Å². The second-order valence-corrected chi connectivity index (χ2v) is 7.88. The molecule has 1 aromatic heterocycles. The van der Waals surface area contributed by atoms with E-state index in [1.54, 1.807) is 19.1 Å². The van der Waals surface area contributed by atoms with E-state index in [4.69, 9.17) is 4.42 Å². The minimum Gasteiger partial charge on any atom is -0.508 e. The van der Waals surface area contributed by atoms with Crippen LogP contribution in [0.5, 0.6) is 11.5 Å². The Morgan fingerprint density at radius 3 is 2.50 bits per heavy atom. The molecule has 0 fully saturated rings. The maximum atomic E-state index is 12.8. The quantitative estimate of drug-likeness (QED) is 0.264. The van der Waals surface area contributed by atoms with Crippen molar-refractivity contribution in [3.05, 3.63) is 85.8 Å². The Balaban J connectivity index is 1.74. The van der Waals surface area contributed by atoms with E-state index in [1.165, 1.54) is 12.1 Å². The molecule has 6 nitrogen and oxygen atoms in total. The van der Waals surface area contributed by atoms with E-state index in [0.29, 0.717) is 11.1 Å². The lowest BCUT2D eigenvalue weighted by Crippen LogP contribution is -2.18. The molecule has 0 bridgehead atoms. The molecule has 0 unspecified atom stereocenters. The monoisotopic (exact) mass is 513 g/mol.